The number of nitrogens with two attached hydrogens (primary N) is 1. The lowest BCUT2D eigenvalue weighted by atomic mass is 9.97. The molecule has 0 spiro atoms. The van der Waals surface area contributed by atoms with Gasteiger partial charge in [0.1, 0.15) is 5.92 Å². The molecule has 1 unspecified atom stereocenters. The third kappa shape index (κ3) is 4.80. The second kappa shape index (κ2) is 6.69. The fourth-order valence-electron chi connectivity index (χ4n) is 1.70. The van der Waals surface area contributed by atoms with Gasteiger partial charge < -0.3 is 10.6 Å². The van der Waals surface area contributed by atoms with Gasteiger partial charge in [-0.1, -0.05) is 42.5 Å². The van der Waals surface area contributed by atoms with Crippen LogP contribution in [0.25, 0.3) is 0 Å². The molecule has 0 saturated carbocycles. The number of hydrogen-bond acceptors (Lipinski definition) is 2. The van der Waals surface area contributed by atoms with Crippen molar-refractivity contribution in [1.29, 1.82) is 0 Å². The number of carbonyl (C=O) groups is 1. The Balaban J connectivity index is 2.83. The number of halogens is 3. The average molecular weight is 304 g/mol. The molecule has 1 atom stereocenters. The molecule has 0 heterocycles. The van der Waals surface area contributed by atoms with Gasteiger partial charge in [0.25, 0.3) is 0 Å². The monoisotopic (exact) mass is 304 g/mol. The van der Waals surface area contributed by atoms with Crippen LogP contribution < -0.4 is 5.73 Å². The molecule has 0 radical (unpaired) electrons. The summed E-state index contributed by atoms with van der Waals surface area (Å²) in [4.78, 5) is 13.1. The second-order valence-corrected chi connectivity index (χ2v) is 4.84. The normalized spacial score (nSPS) is 12.8. The van der Waals surface area contributed by atoms with Crippen LogP contribution in [0.15, 0.2) is 30.3 Å². The van der Waals surface area contributed by atoms with Crippen LogP contribution in [-0.4, -0.2) is 35.6 Å². The van der Waals surface area contributed by atoms with E-state index in [4.69, 9.17) is 18.0 Å². The van der Waals surface area contributed by atoms with E-state index in [2.05, 4.69) is 0 Å². The van der Waals surface area contributed by atoms with E-state index in [-0.39, 0.29) is 4.99 Å². The number of nitrogens with zero attached hydrogens (tertiary/aromatic N) is 1. The van der Waals surface area contributed by atoms with Crippen molar-refractivity contribution in [2.75, 3.05) is 13.6 Å². The van der Waals surface area contributed by atoms with Crippen LogP contribution in [0.2, 0.25) is 0 Å². The summed E-state index contributed by atoms with van der Waals surface area (Å²) in [5, 5.41) is 0. The van der Waals surface area contributed by atoms with Crippen molar-refractivity contribution in [3.63, 3.8) is 0 Å². The van der Waals surface area contributed by atoms with E-state index < -0.39 is 31.0 Å². The van der Waals surface area contributed by atoms with Crippen LogP contribution >= 0.6 is 12.2 Å². The van der Waals surface area contributed by atoms with Gasteiger partial charge in [-0.2, -0.15) is 13.2 Å². The quantitative estimate of drug-likeness (QED) is 0.850. The summed E-state index contributed by atoms with van der Waals surface area (Å²) < 4.78 is 36.5. The van der Waals surface area contributed by atoms with E-state index in [9.17, 15) is 18.0 Å². The van der Waals surface area contributed by atoms with Gasteiger partial charge in [-0.05, 0) is 5.56 Å². The summed E-state index contributed by atoms with van der Waals surface area (Å²) in [7, 11) is 1.31. The summed E-state index contributed by atoms with van der Waals surface area (Å²) in [6.07, 6.45) is -5.37. The van der Waals surface area contributed by atoms with Crippen LogP contribution in [0.4, 0.5) is 13.2 Å². The number of likely N-dealkylation sites (N-methyl/N-ethyl adjacent to an activating group) is 1. The maximum atomic E-state index is 12.2. The standard InChI is InChI=1S/C13H15F3N2OS/c1-18(8-7-13(14,15)16)12(19)10(11(17)20)9-5-3-2-4-6-9/h2-6,10H,7-8H2,1H3,(H2,17,20). The number of rotatable bonds is 5. The number of alkyl halides is 3. The van der Waals surface area contributed by atoms with Gasteiger partial charge in [0.05, 0.1) is 11.4 Å². The van der Waals surface area contributed by atoms with Gasteiger partial charge in [-0.25, -0.2) is 0 Å². The molecule has 0 fully saturated rings. The predicted molar refractivity (Wildman–Crippen MR) is 74.3 cm³/mol. The molecule has 0 aliphatic carbocycles. The molecule has 1 aromatic rings. The van der Waals surface area contributed by atoms with Crippen LogP contribution in [0.1, 0.15) is 17.9 Å². The molecule has 0 bridgehead atoms. The Morgan fingerprint density at radius 2 is 1.90 bits per heavy atom. The minimum atomic E-state index is -4.31. The van der Waals surface area contributed by atoms with Crippen LogP contribution in [0.3, 0.4) is 0 Å². The largest absolute Gasteiger partial charge is 0.392 e. The highest BCUT2D eigenvalue weighted by atomic mass is 32.1. The summed E-state index contributed by atoms with van der Waals surface area (Å²) >= 11 is 4.86. The Morgan fingerprint density at radius 1 is 1.35 bits per heavy atom. The first kappa shape index (κ1) is 16.4. The molecule has 1 amide bonds. The number of carbonyl (C=O) groups excluding carboxylic acids is 1. The van der Waals surface area contributed by atoms with Crippen molar-refractivity contribution in [3.8, 4) is 0 Å². The first-order chi connectivity index (χ1) is 9.22. The van der Waals surface area contributed by atoms with E-state index in [1.165, 1.54) is 7.05 Å². The summed E-state index contributed by atoms with van der Waals surface area (Å²) in [5.41, 5.74) is 6.12. The van der Waals surface area contributed by atoms with E-state index in [0.29, 0.717) is 5.56 Å². The number of amides is 1. The molecule has 7 heteroatoms. The van der Waals surface area contributed by atoms with Gasteiger partial charge in [-0.15, -0.1) is 0 Å². The number of thiocarbonyl (C=S) groups is 1. The molecule has 0 aromatic heterocycles. The number of benzene rings is 1. The lowest BCUT2D eigenvalue weighted by Gasteiger charge is -2.24. The van der Waals surface area contributed by atoms with Gasteiger partial charge in [0.2, 0.25) is 5.91 Å². The topological polar surface area (TPSA) is 46.3 Å². The molecule has 20 heavy (non-hydrogen) atoms. The molecule has 0 saturated heterocycles. The third-order valence-electron chi connectivity index (χ3n) is 2.77. The fraction of sp³-hybridized carbons (Fsp3) is 0.385. The van der Waals surface area contributed by atoms with Crippen molar-refractivity contribution in [2.24, 2.45) is 5.73 Å². The number of hydrogen-bond donors (Lipinski definition) is 1. The van der Waals surface area contributed by atoms with E-state index in [1.54, 1.807) is 30.3 Å². The Labute approximate surface area is 120 Å². The Bertz CT molecular complexity index is 476. The Morgan fingerprint density at radius 3 is 2.35 bits per heavy atom. The summed E-state index contributed by atoms with van der Waals surface area (Å²) in [6.45, 7) is -0.422. The highest BCUT2D eigenvalue weighted by Gasteiger charge is 2.31. The zero-order chi connectivity index (χ0) is 15.3. The predicted octanol–water partition coefficient (Wildman–Crippen LogP) is 2.47. The fourth-order valence-corrected chi connectivity index (χ4v) is 1.94. The molecule has 2 N–H and O–H groups in total. The average Bonchev–Trinajstić information content (AvgIpc) is 2.36. The minimum absolute atomic E-state index is 0.0555. The SMILES string of the molecule is CN(CCC(F)(F)F)C(=O)C(C(N)=S)c1ccccc1. The van der Waals surface area contributed by atoms with Crippen molar-refractivity contribution >= 4 is 23.1 Å². The van der Waals surface area contributed by atoms with E-state index in [0.717, 1.165) is 4.90 Å². The van der Waals surface area contributed by atoms with Crippen molar-refractivity contribution in [1.82, 2.24) is 4.90 Å². The molecule has 0 aliphatic heterocycles. The van der Waals surface area contributed by atoms with Crippen molar-refractivity contribution < 1.29 is 18.0 Å². The Kier molecular flexibility index (Phi) is 5.50. The van der Waals surface area contributed by atoms with Gasteiger partial charge in [0.15, 0.2) is 0 Å². The summed E-state index contributed by atoms with van der Waals surface area (Å²) in [6, 6.07) is 8.52. The highest BCUT2D eigenvalue weighted by Crippen LogP contribution is 2.22. The molecule has 1 rings (SSSR count). The smallest absolute Gasteiger partial charge is 0.390 e. The molecular formula is C13H15F3N2OS. The van der Waals surface area contributed by atoms with Crippen LogP contribution in [0.5, 0.6) is 0 Å². The lowest BCUT2D eigenvalue weighted by molar-refractivity contribution is -0.144. The first-order valence-electron chi connectivity index (χ1n) is 5.88. The third-order valence-corrected chi connectivity index (χ3v) is 3.01. The van der Waals surface area contributed by atoms with Crippen LogP contribution in [0, 0.1) is 0 Å². The van der Waals surface area contributed by atoms with Crippen LogP contribution in [-0.2, 0) is 4.79 Å². The lowest BCUT2D eigenvalue weighted by Crippen LogP contribution is -2.39. The second-order valence-electron chi connectivity index (χ2n) is 4.37. The Hall–Kier alpha value is -1.63. The molecule has 0 aliphatic rings. The van der Waals surface area contributed by atoms with E-state index in [1.807, 2.05) is 0 Å². The zero-order valence-corrected chi connectivity index (χ0v) is 11.7. The van der Waals surface area contributed by atoms with Crippen molar-refractivity contribution in [3.05, 3.63) is 35.9 Å². The highest BCUT2D eigenvalue weighted by molar-refractivity contribution is 7.80. The maximum Gasteiger partial charge on any atom is 0.390 e. The molecular weight excluding hydrogens is 289 g/mol. The van der Waals surface area contributed by atoms with E-state index >= 15 is 0 Å². The van der Waals surface area contributed by atoms with Gasteiger partial charge in [0, 0.05) is 13.6 Å². The summed E-state index contributed by atoms with van der Waals surface area (Å²) in [5.74, 6) is -1.43. The van der Waals surface area contributed by atoms with Gasteiger partial charge in [-0.3, -0.25) is 4.79 Å². The van der Waals surface area contributed by atoms with Crippen molar-refractivity contribution in [2.45, 2.75) is 18.5 Å². The van der Waals surface area contributed by atoms with Gasteiger partial charge >= 0.3 is 6.18 Å². The maximum absolute atomic E-state index is 12.2. The molecule has 3 nitrogen and oxygen atoms in total. The molecule has 1 aromatic carbocycles. The molecule has 110 valence electrons. The first-order valence-corrected chi connectivity index (χ1v) is 6.29. The minimum Gasteiger partial charge on any atom is -0.392 e. The zero-order valence-electron chi connectivity index (χ0n) is 10.9.